The molecule has 13 heavy (non-hydrogen) atoms. The summed E-state index contributed by atoms with van der Waals surface area (Å²) in [5.74, 6) is 0.590. The van der Waals surface area contributed by atoms with Crippen LogP contribution in [0.25, 0.3) is 0 Å². The molecule has 1 unspecified atom stereocenters. The molecule has 0 saturated carbocycles. The lowest BCUT2D eigenvalue weighted by molar-refractivity contribution is -0.108. The Kier molecular flexibility index (Phi) is 2.44. The quantitative estimate of drug-likeness (QED) is 0.629. The van der Waals surface area contributed by atoms with E-state index in [-0.39, 0.29) is 0 Å². The lowest BCUT2D eigenvalue weighted by Gasteiger charge is -2.22. The molecule has 0 spiro atoms. The van der Waals surface area contributed by atoms with Crippen molar-refractivity contribution in [2.24, 2.45) is 5.92 Å². The second-order valence-electron chi connectivity index (χ2n) is 3.78. The fourth-order valence-corrected chi connectivity index (χ4v) is 2.11. The van der Waals surface area contributed by atoms with Gasteiger partial charge in [-0.05, 0) is 36.3 Å². The van der Waals surface area contributed by atoms with Crippen molar-refractivity contribution >= 4 is 6.29 Å². The zero-order chi connectivity index (χ0) is 9.10. The van der Waals surface area contributed by atoms with Gasteiger partial charge in [0.25, 0.3) is 0 Å². The topological polar surface area (TPSA) is 17.1 Å². The Hall–Kier alpha value is -1.11. The van der Waals surface area contributed by atoms with Crippen molar-refractivity contribution in [3.8, 4) is 0 Å². The van der Waals surface area contributed by atoms with Crippen molar-refractivity contribution in [1.29, 1.82) is 0 Å². The van der Waals surface area contributed by atoms with Crippen LogP contribution in [0.1, 0.15) is 24.0 Å². The predicted octanol–water partition coefficient (Wildman–Crippen LogP) is 2.38. The molecule has 1 aliphatic carbocycles. The number of fused-ring (bicyclic) bond motifs is 1. The summed E-state index contributed by atoms with van der Waals surface area (Å²) in [5.41, 5.74) is 2.92. The molecule has 68 valence electrons. The third-order valence-corrected chi connectivity index (χ3v) is 2.88. The third kappa shape index (κ3) is 1.80. The van der Waals surface area contributed by atoms with E-state index in [0.717, 1.165) is 25.5 Å². The van der Waals surface area contributed by atoms with Crippen LogP contribution < -0.4 is 0 Å². The number of rotatable bonds is 2. The standard InChI is InChI=1S/C12H14O/c13-8-7-10-5-6-11-3-1-2-4-12(11)9-10/h1-4,8,10H,5-7,9H2. The van der Waals surface area contributed by atoms with Gasteiger partial charge in [0.15, 0.2) is 0 Å². The normalized spacial score (nSPS) is 20.8. The monoisotopic (exact) mass is 174 g/mol. The summed E-state index contributed by atoms with van der Waals surface area (Å²) in [6.07, 6.45) is 5.20. The van der Waals surface area contributed by atoms with Crippen LogP contribution in [0.5, 0.6) is 0 Å². The van der Waals surface area contributed by atoms with Crippen molar-refractivity contribution in [3.63, 3.8) is 0 Å². The first kappa shape index (κ1) is 8.49. The highest BCUT2D eigenvalue weighted by Gasteiger charge is 2.17. The molecule has 2 rings (SSSR count). The molecule has 0 radical (unpaired) electrons. The second-order valence-corrected chi connectivity index (χ2v) is 3.78. The summed E-state index contributed by atoms with van der Waals surface area (Å²) < 4.78 is 0. The van der Waals surface area contributed by atoms with E-state index in [0.29, 0.717) is 5.92 Å². The number of hydrogen-bond acceptors (Lipinski definition) is 1. The first-order chi connectivity index (χ1) is 6.40. The highest BCUT2D eigenvalue weighted by molar-refractivity contribution is 5.50. The Labute approximate surface area is 78.8 Å². The van der Waals surface area contributed by atoms with Crippen molar-refractivity contribution < 1.29 is 4.79 Å². The average molecular weight is 174 g/mol. The zero-order valence-corrected chi connectivity index (χ0v) is 7.70. The number of carbonyl (C=O) groups is 1. The maximum absolute atomic E-state index is 10.4. The molecule has 1 aromatic rings. The van der Waals surface area contributed by atoms with E-state index in [1.54, 1.807) is 0 Å². The molecule has 1 nitrogen and oxygen atoms in total. The van der Waals surface area contributed by atoms with E-state index in [9.17, 15) is 4.79 Å². The van der Waals surface area contributed by atoms with Crippen LogP contribution in [0.15, 0.2) is 24.3 Å². The summed E-state index contributed by atoms with van der Waals surface area (Å²) in [4.78, 5) is 10.4. The molecule has 0 fully saturated rings. The van der Waals surface area contributed by atoms with E-state index >= 15 is 0 Å². The zero-order valence-electron chi connectivity index (χ0n) is 7.70. The number of hydrogen-bond donors (Lipinski definition) is 0. The summed E-state index contributed by atoms with van der Waals surface area (Å²) in [6.45, 7) is 0. The Balaban J connectivity index is 2.15. The van der Waals surface area contributed by atoms with Gasteiger partial charge >= 0.3 is 0 Å². The Morgan fingerprint density at radius 3 is 2.85 bits per heavy atom. The summed E-state index contributed by atoms with van der Waals surface area (Å²) in [7, 11) is 0. The second kappa shape index (κ2) is 3.73. The van der Waals surface area contributed by atoms with Gasteiger partial charge < -0.3 is 4.79 Å². The van der Waals surface area contributed by atoms with Crippen molar-refractivity contribution in [2.45, 2.75) is 25.7 Å². The minimum absolute atomic E-state index is 0.590. The van der Waals surface area contributed by atoms with Crippen molar-refractivity contribution in [2.75, 3.05) is 0 Å². The first-order valence-electron chi connectivity index (χ1n) is 4.90. The Morgan fingerprint density at radius 1 is 1.31 bits per heavy atom. The first-order valence-corrected chi connectivity index (χ1v) is 4.90. The molecule has 1 heteroatoms. The molecule has 0 N–H and O–H groups in total. The maximum atomic E-state index is 10.4. The summed E-state index contributed by atoms with van der Waals surface area (Å²) in [5, 5.41) is 0. The molecule has 0 saturated heterocycles. The molecule has 1 aromatic carbocycles. The largest absolute Gasteiger partial charge is 0.303 e. The fourth-order valence-electron chi connectivity index (χ4n) is 2.11. The maximum Gasteiger partial charge on any atom is 0.120 e. The highest BCUT2D eigenvalue weighted by Crippen LogP contribution is 2.26. The molecular formula is C12H14O. The van der Waals surface area contributed by atoms with Crippen molar-refractivity contribution in [3.05, 3.63) is 35.4 Å². The fraction of sp³-hybridized carbons (Fsp3) is 0.417. The molecular weight excluding hydrogens is 160 g/mol. The van der Waals surface area contributed by atoms with Crippen molar-refractivity contribution in [1.82, 2.24) is 0 Å². The predicted molar refractivity (Wildman–Crippen MR) is 52.6 cm³/mol. The van der Waals surface area contributed by atoms with Gasteiger partial charge in [-0.25, -0.2) is 0 Å². The van der Waals surface area contributed by atoms with Crippen LogP contribution in [0.2, 0.25) is 0 Å². The van der Waals surface area contributed by atoms with E-state index in [1.807, 2.05) is 0 Å². The van der Waals surface area contributed by atoms with Gasteiger partial charge in [-0.2, -0.15) is 0 Å². The molecule has 0 heterocycles. The van der Waals surface area contributed by atoms with Crippen LogP contribution in [0, 0.1) is 5.92 Å². The third-order valence-electron chi connectivity index (χ3n) is 2.88. The van der Waals surface area contributed by atoms with Crippen LogP contribution in [0.4, 0.5) is 0 Å². The Bertz CT molecular complexity index is 304. The molecule has 1 atom stereocenters. The van der Waals surface area contributed by atoms with Gasteiger partial charge in [0.1, 0.15) is 6.29 Å². The van der Waals surface area contributed by atoms with Gasteiger partial charge in [-0.3, -0.25) is 0 Å². The van der Waals surface area contributed by atoms with Crippen LogP contribution in [-0.2, 0) is 17.6 Å². The minimum atomic E-state index is 0.590. The van der Waals surface area contributed by atoms with Crippen LogP contribution in [0.3, 0.4) is 0 Å². The number of benzene rings is 1. The van der Waals surface area contributed by atoms with E-state index in [2.05, 4.69) is 24.3 Å². The van der Waals surface area contributed by atoms with Crippen LogP contribution >= 0.6 is 0 Å². The van der Waals surface area contributed by atoms with Gasteiger partial charge in [-0.15, -0.1) is 0 Å². The minimum Gasteiger partial charge on any atom is -0.303 e. The van der Waals surface area contributed by atoms with Gasteiger partial charge in [-0.1, -0.05) is 24.3 Å². The van der Waals surface area contributed by atoms with Gasteiger partial charge in [0.2, 0.25) is 0 Å². The molecule has 0 bridgehead atoms. The molecule has 1 aliphatic rings. The van der Waals surface area contributed by atoms with Crippen LogP contribution in [-0.4, -0.2) is 6.29 Å². The highest BCUT2D eigenvalue weighted by atomic mass is 16.1. The molecule has 0 aliphatic heterocycles. The smallest absolute Gasteiger partial charge is 0.120 e. The number of aldehydes is 1. The van der Waals surface area contributed by atoms with E-state index in [4.69, 9.17) is 0 Å². The van der Waals surface area contributed by atoms with E-state index in [1.165, 1.54) is 17.5 Å². The SMILES string of the molecule is O=CCC1CCc2ccccc2C1. The van der Waals surface area contributed by atoms with Gasteiger partial charge in [0, 0.05) is 6.42 Å². The lowest BCUT2D eigenvalue weighted by atomic mass is 9.83. The Morgan fingerprint density at radius 2 is 2.08 bits per heavy atom. The lowest BCUT2D eigenvalue weighted by Crippen LogP contribution is -2.14. The molecule has 0 amide bonds. The van der Waals surface area contributed by atoms with E-state index < -0.39 is 0 Å². The summed E-state index contributed by atoms with van der Waals surface area (Å²) >= 11 is 0. The number of carbonyl (C=O) groups excluding carboxylic acids is 1. The summed E-state index contributed by atoms with van der Waals surface area (Å²) in [6, 6.07) is 8.57. The number of aryl methyl sites for hydroxylation is 1. The van der Waals surface area contributed by atoms with Gasteiger partial charge in [0.05, 0.1) is 0 Å². The molecule has 0 aromatic heterocycles. The average Bonchev–Trinajstić information content (AvgIpc) is 2.18.